The third-order valence-corrected chi connectivity index (χ3v) is 6.57. The summed E-state index contributed by atoms with van der Waals surface area (Å²) in [5.41, 5.74) is 2.94. The molecule has 0 spiro atoms. The van der Waals surface area contributed by atoms with Crippen LogP contribution in [-0.2, 0) is 6.54 Å². The number of furan rings is 1. The summed E-state index contributed by atoms with van der Waals surface area (Å²) >= 11 is 1.21. The number of alkyl halides is 1. The Bertz CT molecular complexity index is 1210. The lowest BCUT2D eigenvalue weighted by Crippen LogP contribution is -2.34. The molecule has 1 aromatic heterocycles. The summed E-state index contributed by atoms with van der Waals surface area (Å²) in [6.45, 7) is 1.29. The van der Waals surface area contributed by atoms with Crippen LogP contribution in [0.5, 0.6) is 11.5 Å². The molecule has 0 radical (unpaired) electrons. The average molecular weight is 498 g/mol. The lowest BCUT2D eigenvalue weighted by Gasteiger charge is -2.28. The van der Waals surface area contributed by atoms with E-state index in [4.69, 9.17) is 13.9 Å². The summed E-state index contributed by atoms with van der Waals surface area (Å²) in [5, 5.41) is 8.56. The van der Waals surface area contributed by atoms with E-state index in [9.17, 15) is 14.0 Å². The number of carbonyl (C=O) groups is 2. The molecule has 182 valence electrons. The Morgan fingerprint density at radius 2 is 2.00 bits per heavy atom. The van der Waals surface area contributed by atoms with Crippen molar-refractivity contribution in [1.29, 1.82) is 0 Å². The third-order valence-electron chi connectivity index (χ3n) is 5.32. The van der Waals surface area contributed by atoms with Gasteiger partial charge in [0, 0.05) is 11.3 Å². The van der Waals surface area contributed by atoms with Crippen LogP contribution < -0.4 is 14.8 Å². The summed E-state index contributed by atoms with van der Waals surface area (Å²) in [6.07, 6.45) is 2.14. The topological polar surface area (TPSA) is 93.4 Å². The van der Waals surface area contributed by atoms with E-state index in [-0.39, 0.29) is 28.7 Å². The highest BCUT2D eigenvalue weighted by Crippen LogP contribution is 2.34. The maximum atomic E-state index is 12.8. The first-order chi connectivity index (χ1) is 17.0. The number of hydrogen-bond donors (Lipinski definition) is 1. The molecule has 1 unspecified atom stereocenters. The van der Waals surface area contributed by atoms with Gasteiger partial charge in [0.05, 0.1) is 30.9 Å². The van der Waals surface area contributed by atoms with Crippen LogP contribution in [0, 0.1) is 0 Å². The molecule has 2 amide bonds. The van der Waals surface area contributed by atoms with Gasteiger partial charge < -0.3 is 19.2 Å². The van der Waals surface area contributed by atoms with Crippen LogP contribution in [0.4, 0.5) is 14.9 Å². The van der Waals surface area contributed by atoms with Gasteiger partial charge >= 0.3 is 5.24 Å². The molecular formula is C25H24FN3O5S. The molecule has 1 N–H and O–H groups in total. The quantitative estimate of drug-likeness (QED) is 0.408. The molecule has 10 heteroatoms. The van der Waals surface area contributed by atoms with E-state index >= 15 is 0 Å². The van der Waals surface area contributed by atoms with Gasteiger partial charge in [-0.25, -0.2) is 9.40 Å². The molecule has 8 nitrogen and oxygen atoms in total. The highest BCUT2D eigenvalue weighted by atomic mass is 32.2. The molecule has 0 saturated carbocycles. The maximum absolute atomic E-state index is 12.8. The summed E-state index contributed by atoms with van der Waals surface area (Å²) < 4.78 is 28.0. The summed E-state index contributed by atoms with van der Waals surface area (Å²) in [6, 6.07) is 15.5. The summed E-state index contributed by atoms with van der Waals surface area (Å²) in [5.74, 6) is 0.559. The molecular weight excluding hydrogens is 473 g/mol. The Labute approximate surface area is 206 Å². The zero-order chi connectivity index (χ0) is 24.8. The molecule has 1 aliphatic heterocycles. The Kier molecular flexibility index (Phi) is 7.71. The van der Waals surface area contributed by atoms with Crippen molar-refractivity contribution in [2.75, 3.05) is 19.3 Å². The number of nitrogens with one attached hydrogen (secondary N) is 1. The SMILES string of the molecule is CCC1SC(=O)N(Cc2ccc(NC(=O)c3ccco3)cc2)N=C1c1ccc(OCF)c(OC)c1. The molecule has 1 atom stereocenters. The molecule has 3 aromatic rings. The minimum absolute atomic E-state index is 0.129. The number of anilines is 1. The zero-order valence-electron chi connectivity index (χ0n) is 19.2. The number of thioether (sulfide) groups is 1. The Hall–Kier alpha value is -3.79. The van der Waals surface area contributed by atoms with Crippen LogP contribution in [0.15, 0.2) is 70.4 Å². The van der Waals surface area contributed by atoms with E-state index in [2.05, 4.69) is 10.4 Å². The fraction of sp³-hybridized carbons (Fsp3) is 0.240. The first kappa shape index (κ1) is 24.3. The van der Waals surface area contributed by atoms with Gasteiger partial charge in [0.1, 0.15) is 0 Å². The Morgan fingerprint density at radius 3 is 2.66 bits per heavy atom. The predicted octanol–water partition coefficient (Wildman–Crippen LogP) is 5.70. The predicted molar refractivity (Wildman–Crippen MR) is 132 cm³/mol. The second-order valence-corrected chi connectivity index (χ2v) is 8.72. The van der Waals surface area contributed by atoms with E-state index in [0.717, 1.165) is 16.8 Å². The number of hydrazone groups is 1. The van der Waals surface area contributed by atoms with Crippen molar-refractivity contribution in [2.24, 2.45) is 5.10 Å². The number of hydrogen-bond acceptors (Lipinski definition) is 7. The van der Waals surface area contributed by atoms with Crippen molar-refractivity contribution in [1.82, 2.24) is 5.01 Å². The first-order valence-corrected chi connectivity index (χ1v) is 11.8. The monoisotopic (exact) mass is 497 g/mol. The van der Waals surface area contributed by atoms with Gasteiger partial charge in [-0.05, 0) is 54.4 Å². The van der Waals surface area contributed by atoms with Crippen LogP contribution in [0.25, 0.3) is 0 Å². The summed E-state index contributed by atoms with van der Waals surface area (Å²) in [4.78, 5) is 24.9. The maximum Gasteiger partial charge on any atom is 0.302 e. The van der Waals surface area contributed by atoms with Gasteiger partial charge in [0.2, 0.25) is 6.86 Å². The Morgan fingerprint density at radius 1 is 1.20 bits per heavy atom. The smallest absolute Gasteiger partial charge is 0.302 e. The normalized spacial score (nSPS) is 15.5. The second kappa shape index (κ2) is 11.1. The van der Waals surface area contributed by atoms with E-state index in [1.165, 1.54) is 30.1 Å². The van der Waals surface area contributed by atoms with Gasteiger partial charge in [0.15, 0.2) is 17.3 Å². The van der Waals surface area contributed by atoms with Gasteiger partial charge in [-0.15, -0.1) is 0 Å². The number of rotatable bonds is 9. The Balaban J connectivity index is 1.52. The van der Waals surface area contributed by atoms with E-state index < -0.39 is 6.86 Å². The van der Waals surface area contributed by atoms with Crippen LogP contribution in [0.2, 0.25) is 0 Å². The van der Waals surface area contributed by atoms with Gasteiger partial charge in [-0.3, -0.25) is 9.59 Å². The standard InChI is InChI=1S/C25H24FN3O5S/c1-3-22-23(17-8-11-19(34-15-26)21(13-17)32-2)28-29(25(31)35-22)14-16-6-9-18(10-7-16)27-24(30)20-5-4-12-33-20/h4-13,22H,3,14-15H2,1-2H3,(H,27,30). The number of methoxy groups -OCH3 is 1. The second-order valence-electron chi connectivity index (χ2n) is 7.57. The number of nitrogens with zero attached hydrogens (tertiary/aromatic N) is 2. The molecule has 1 aliphatic rings. The van der Waals surface area contributed by atoms with Crippen LogP contribution in [0.1, 0.15) is 35.0 Å². The molecule has 4 rings (SSSR count). The van der Waals surface area contributed by atoms with Crippen LogP contribution in [-0.4, -0.2) is 41.1 Å². The van der Waals surface area contributed by atoms with Crippen molar-refractivity contribution >= 4 is 34.3 Å². The van der Waals surface area contributed by atoms with Crippen molar-refractivity contribution in [2.45, 2.75) is 25.1 Å². The highest BCUT2D eigenvalue weighted by Gasteiger charge is 2.30. The number of benzene rings is 2. The summed E-state index contributed by atoms with van der Waals surface area (Å²) in [7, 11) is 1.48. The van der Waals surface area contributed by atoms with Gasteiger partial charge in [-0.2, -0.15) is 5.10 Å². The van der Waals surface area contributed by atoms with Gasteiger partial charge in [-0.1, -0.05) is 30.8 Å². The molecule has 2 heterocycles. The van der Waals surface area contributed by atoms with Crippen LogP contribution in [0.3, 0.4) is 0 Å². The van der Waals surface area contributed by atoms with Crippen molar-refractivity contribution in [3.8, 4) is 11.5 Å². The highest BCUT2D eigenvalue weighted by molar-refractivity contribution is 8.14. The molecule has 0 aliphatic carbocycles. The van der Waals surface area contributed by atoms with Gasteiger partial charge in [0.25, 0.3) is 5.91 Å². The number of halogens is 1. The number of carbonyl (C=O) groups excluding carboxylic acids is 2. The lowest BCUT2D eigenvalue weighted by atomic mass is 10.0. The molecule has 0 saturated heterocycles. The fourth-order valence-corrected chi connectivity index (χ4v) is 4.50. The average Bonchev–Trinajstić information content (AvgIpc) is 3.42. The zero-order valence-corrected chi connectivity index (χ0v) is 20.0. The minimum Gasteiger partial charge on any atom is -0.493 e. The molecule has 35 heavy (non-hydrogen) atoms. The third kappa shape index (κ3) is 5.65. The first-order valence-electron chi connectivity index (χ1n) is 10.9. The molecule has 0 bridgehead atoms. The largest absolute Gasteiger partial charge is 0.493 e. The van der Waals surface area contributed by atoms with E-state index in [1.54, 1.807) is 42.5 Å². The van der Waals surface area contributed by atoms with Crippen LogP contribution >= 0.6 is 11.8 Å². The number of ether oxygens (including phenoxy) is 2. The van der Waals surface area contributed by atoms with E-state index in [1.807, 2.05) is 19.1 Å². The number of amides is 2. The molecule has 0 fully saturated rings. The lowest BCUT2D eigenvalue weighted by molar-refractivity contribution is 0.0996. The van der Waals surface area contributed by atoms with Crippen molar-refractivity contribution < 1.29 is 27.9 Å². The van der Waals surface area contributed by atoms with Crippen molar-refractivity contribution in [3.63, 3.8) is 0 Å². The molecule has 2 aromatic carbocycles. The minimum atomic E-state index is -0.961. The fourth-order valence-electron chi connectivity index (χ4n) is 3.57. The van der Waals surface area contributed by atoms with Crippen molar-refractivity contribution in [3.05, 3.63) is 77.7 Å². The van der Waals surface area contributed by atoms with E-state index in [0.29, 0.717) is 23.6 Å².